The van der Waals surface area contributed by atoms with Crippen LogP contribution in [0.25, 0.3) is 22.2 Å². The third kappa shape index (κ3) is 4.42. The SMILES string of the molecule is CCc1c(O)c(C(=O)OC)c(=O)n(Cc2ccc(OC)cc2OC)c1-c1ccc2c(c1)cc(CO)n2C. The molecule has 0 spiro atoms. The number of aryl methyl sites for hydroxylation is 1. The number of aromatic hydroxyl groups is 1. The second kappa shape index (κ2) is 10.4. The molecule has 0 aliphatic heterocycles. The fraction of sp³-hybridized carbons (Fsp3) is 0.286. The number of carbonyl (C=O) groups is 1. The number of aliphatic hydroxyl groups is 1. The zero-order valence-electron chi connectivity index (χ0n) is 21.5. The Kier molecular flexibility index (Phi) is 7.26. The molecule has 2 heterocycles. The molecule has 0 radical (unpaired) electrons. The summed E-state index contributed by atoms with van der Waals surface area (Å²) in [5.74, 6) is -0.201. The molecule has 0 unspecified atom stereocenters. The summed E-state index contributed by atoms with van der Waals surface area (Å²) in [6, 6.07) is 12.8. The summed E-state index contributed by atoms with van der Waals surface area (Å²) in [6.07, 6.45) is 0.347. The first kappa shape index (κ1) is 25.8. The summed E-state index contributed by atoms with van der Waals surface area (Å²) in [6.45, 7) is 1.79. The number of aromatic nitrogens is 2. The molecule has 37 heavy (non-hydrogen) atoms. The number of carbonyl (C=O) groups excluding carboxylic acids is 1. The summed E-state index contributed by atoms with van der Waals surface area (Å²) in [5, 5.41) is 21.6. The van der Waals surface area contributed by atoms with Gasteiger partial charge in [0.1, 0.15) is 17.2 Å². The third-order valence-corrected chi connectivity index (χ3v) is 6.68. The Balaban J connectivity index is 2.04. The van der Waals surface area contributed by atoms with Gasteiger partial charge in [0.05, 0.1) is 40.2 Å². The number of esters is 1. The molecule has 0 bridgehead atoms. The molecule has 0 atom stereocenters. The smallest absolute Gasteiger partial charge is 0.347 e. The average molecular weight is 507 g/mol. The third-order valence-electron chi connectivity index (χ3n) is 6.68. The van der Waals surface area contributed by atoms with Crippen LogP contribution in [-0.2, 0) is 31.4 Å². The Morgan fingerprint density at radius 1 is 1.03 bits per heavy atom. The highest BCUT2D eigenvalue weighted by Crippen LogP contribution is 2.35. The Hall–Kier alpha value is -4.24. The monoisotopic (exact) mass is 506 g/mol. The summed E-state index contributed by atoms with van der Waals surface area (Å²) in [7, 11) is 6.11. The van der Waals surface area contributed by atoms with Gasteiger partial charge in [0, 0.05) is 40.8 Å². The lowest BCUT2D eigenvalue weighted by atomic mass is 9.98. The number of ether oxygens (including phenoxy) is 3. The largest absolute Gasteiger partial charge is 0.506 e. The highest BCUT2D eigenvalue weighted by Gasteiger charge is 2.27. The van der Waals surface area contributed by atoms with Gasteiger partial charge in [-0.15, -0.1) is 0 Å². The highest BCUT2D eigenvalue weighted by molar-refractivity contribution is 5.94. The van der Waals surface area contributed by atoms with Gasteiger partial charge < -0.3 is 33.6 Å². The number of fused-ring (bicyclic) bond motifs is 1. The van der Waals surface area contributed by atoms with Crippen molar-refractivity contribution in [3.05, 3.63) is 75.2 Å². The van der Waals surface area contributed by atoms with Gasteiger partial charge in [-0.25, -0.2) is 4.79 Å². The van der Waals surface area contributed by atoms with E-state index in [1.165, 1.54) is 18.8 Å². The van der Waals surface area contributed by atoms with Crippen LogP contribution in [-0.4, -0.2) is 46.6 Å². The van der Waals surface area contributed by atoms with Crippen LogP contribution < -0.4 is 15.0 Å². The summed E-state index contributed by atoms with van der Waals surface area (Å²) < 4.78 is 19.0. The molecule has 0 amide bonds. The van der Waals surface area contributed by atoms with Crippen molar-refractivity contribution in [3.63, 3.8) is 0 Å². The summed E-state index contributed by atoms with van der Waals surface area (Å²) in [4.78, 5) is 26.3. The Labute approximate surface area is 214 Å². The molecule has 9 heteroatoms. The first-order chi connectivity index (χ1) is 17.8. The second-order valence-electron chi connectivity index (χ2n) is 8.59. The van der Waals surface area contributed by atoms with Gasteiger partial charge in [-0.2, -0.15) is 0 Å². The lowest BCUT2D eigenvalue weighted by Crippen LogP contribution is -2.30. The molecule has 4 aromatic rings. The lowest BCUT2D eigenvalue weighted by molar-refractivity contribution is 0.0594. The van der Waals surface area contributed by atoms with Gasteiger partial charge >= 0.3 is 5.97 Å². The van der Waals surface area contributed by atoms with Crippen molar-refractivity contribution < 1.29 is 29.2 Å². The van der Waals surface area contributed by atoms with Crippen molar-refractivity contribution >= 4 is 16.9 Å². The maximum absolute atomic E-state index is 13.7. The minimum Gasteiger partial charge on any atom is -0.506 e. The molecular weight excluding hydrogens is 476 g/mol. The zero-order chi connectivity index (χ0) is 26.9. The summed E-state index contributed by atoms with van der Waals surface area (Å²) in [5.41, 5.74) is 2.82. The molecule has 4 rings (SSSR count). The van der Waals surface area contributed by atoms with E-state index in [-0.39, 0.29) is 13.2 Å². The quantitative estimate of drug-likeness (QED) is 0.351. The van der Waals surface area contributed by atoms with E-state index in [1.807, 2.05) is 42.8 Å². The van der Waals surface area contributed by atoms with E-state index in [1.54, 1.807) is 25.3 Å². The van der Waals surface area contributed by atoms with Crippen LogP contribution in [0, 0.1) is 0 Å². The van der Waals surface area contributed by atoms with E-state index in [4.69, 9.17) is 14.2 Å². The normalized spacial score (nSPS) is 11.1. The molecule has 2 aromatic heterocycles. The molecule has 9 nitrogen and oxygen atoms in total. The zero-order valence-corrected chi connectivity index (χ0v) is 21.5. The highest BCUT2D eigenvalue weighted by atomic mass is 16.5. The molecule has 0 aliphatic rings. The second-order valence-corrected chi connectivity index (χ2v) is 8.59. The fourth-order valence-corrected chi connectivity index (χ4v) is 4.72. The number of benzene rings is 2. The van der Waals surface area contributed by atoms with Crippen LogP contribution in [0.4, 0.5) is 0 Å². The minimum absolute atomic E-state index is 0.0628. The van der Waals surface area contributed by atoms with Gasteiger partial charge in [0.25, 0.3) is 5.56 Å². The number of rotatable bonds is 8. The minimum atomic E-state index is -0.912. The van der Waals surface area contributed by atoms with Crippen molar-refractivity contribution in [2.75, 3.05) is 21.3 Å². The molecule has 194 valence electrons. The van der Waals surface area contributed by atoms with Crippen molar-refractivity contribution in [3.8, 4) is 28.5 Å². The van der Waals surface area contributed by atoms with E-state index in [0.717, 1.165) is 16.6 Å². The van der Waals surface area contributed by atoms with Crippen LogP contribution in [0.5, 0.6) is 17.2 Å². The molecule has 0 saturated heterocycles. The average Bonchev–Trinajstić information content (AvgIpc) is 3.24. The molecule has 0 saturated carbocycles. The topological polar surface area (TPSA) is 112 Å². The van der Waals surface area contributed by atoms with Gasteiger partial charge in [-0.3, -0.25) is 4.79 Å². The van der Waals surface area contributed by atoms with E-state index in [2.05, 4.69) is 0 Å². The van der Waals surface area contributed by atoms with E-state index < -0.39 is 22.8 Å². The first-order valence-electron chi connectivity index (χ1n) is 11.8. The van der Waals surface area contributed by atoms with E-state index in [9.17, 15) is 19.8 Å². The predicted molar refractivity (Wildman–Crippen MR) is 140 cm³/mol. The molecule has 2 aromatic carbocycles. The number of hydrogen-bond acceptors (Lipinski definition) is 7. The van der Waals surface area contributed by atoms with Crippen LogP contribution in [0.2, 0.25) is 0 Å². The Bertz CT molecular complexity index is 1550. The summed E-state index contributed by atoms with van der Waals surface area (Å²) >= 11 is 0. The van der Waals surface area contributed by atoms with Gasteiger partial charge in [-0.05, 0) is 42.3 Å². The predicted octanol–water partition coefficient (Wildman–Crippen LogP) is 3.62. The maximum atomic E-state index is 13.7. The van der Waals surface area contributed by atoms with Gasteiger partial charge in [0.15, 0.2) is 5.56 Å². The number of aliphatic hydroxyl groups excluding tert-OH is 1. The molecule has 0 fully saturated rings. The van der Waals surface area contributed by atoms with E-state index in [0.29, 0.717) is 40.3 Å². The fourth-order valence-electron chi connectivity index (χ4n) is 4.72. The van der Waals surface area contributed by atoms with Crippen molar-refractivity contribution in [1.82, 2.24) is 9.13 Å². The van der Waals surface area contributed by atoms with Crippen molar-refractivity contribution in [2.45, 2.75) is 26.5 Å². The number of pyridine rings is 1. The van der Waals surface area contributed by atoms with Gasteiger partial charge in [-0.1, -0.05) is 13.0 Å². The Morgan fingerprint density at radius 2 is 1.78 bits per heavy atom. The lowest BCUT2D eigenvalue weighted by Gasteiger charge is -2.21. The first-order valence-corrected chi connectivity index (χ1v) is 11.8. The van der Waals surface area contributed by atoms with Crippen molar-refractivity contribution in [1.29, 1.82) is 0 Å². The molecule has 0 aliphatic carbocycles. The standard InChI is InChI=1S/C28H30N2O7/c1-6-21-25(16-8-10-22-18(11-16)12-19(15-31)29(22)2)30(27(33)24(26(21)32)28(34)37-5)14-17-7-9-20(35-3)13-23(17)36-4/h7-13,31-32H,6,14-15H2,1-5H3. The van der Waals surface area contributed by atoms with Crippen LogP contribution in [0.3, 0.4) is 0 Å². The molecule has 2 N–H and O–H groups in total. The van der Waals surface area contributed by atoms with Gasteiger partial charge in [0.2, 0.25) is 0 Å². The molecular formula is C28H30N2O7. The maximum Gasteiger partial charge on any atom is 0.347 e. The van der Waals surface area contributed by atoms with Crippen LogP contribution in [0.15, 0.2) is 47.3 Å². The van der Waals surface area contributed by atoms with Crippen LogP contribution in [0.1, 0.15) is 34.1 Å². The Morgan fingerprint density at radius 3 is 2.41 bits per heavy atom. The number of hydrogen-bond donors (Lipinski definition) is 2. The van der Waals surface area contributed by atoms with Crippen LogP contribution >= 0.6 is 0 Å². The number of methoxy groups -OCH3 is 3. The van der Waals surface area contributed by atoms with Crippen molar-refractivity contribution in [2.24, 2.45) is 7.05 Å². The number of nitrogens with zero attached hydrogens (tertiary/aromatic N) is 2. The van der Waals surface area contributed by atoms with E-state index >= 15 is 0 Å².